The average molecular weight is 406 g/mol. The number of carbonyl (C=O) groups is 2. The van der Waals surface area contributed by atoms with Gasteiger partial charge in [0.05, 0.1) is 16.0 Å². The molecule has 146 valence electrons. The SMILES string of the molecule is CC(C)(C(=O)NCCNC(=O)CC1CCCC1)c1csc(-c2cccs2)n1. The largest absolute Gasteiger partial charge is 0.354 e. The number of carbonyl (C=O) groups excluding carboxylic acids is 2. The molecule has 0 spiro atoms. The predicted octanol–water partition coefficient (Wildman–Crippen LogP) is 3.96. The van der Waals surface area contributed by atoms with Crippen LogP contribution >= 0.6 is 22.7 Å². The highest BCUT2D eigenvalue weighted by Crippen LogP contribution is 2.32. The van der Waals surface area contributed by atoms with E-state index in [0.717, 1.165) is 15.6 Å². The minimum absolute atomic E-state index is 0.0735. The van der Waals surface area contributed by atoms with Crippen LogP contribution in [0.2, 0.25) is 0 Å². The molecule has 0 aromatic carbocycles. The van der Waals surface area contributed by atoms with Crippen LogP contribution in [0.4, 0.5) is 0 Å². The molecule has 1 saturated carbocycles. The third-order valence-corrected chi connectivity index (χ3v) is 7.01. The summed E-state index contributed by atoms with van der Waals surface area (Å²) in [6.07, 6.45) is 5.43. The molecule has 2 amide bonds. The van der Waals surface area contributed by atoms with Gasteiger partial charge in [-0.3, -0.25) is 9.59 Å². The summed E-state index contributed by atoms with van der Waals surface area (Å²) in [6.45, 7) is 4.66. The predicted molar refractivity (Wildman–Crippen MR) is 111 cm³/mol. The van der Waals surface area contributed by atoms with Crippen LogP contribution in [0.3, 0.4) is 0 Å². The van der Waals surface area contributed by atoms with Crippen LogP contribution in [0.15, 0.2) is 22.9 Å². The minimum atomic E-state index is -0.708. The van der Waals surface area contributed by atoms with Crippen molar-refractivity contribution in [1.29, 1.82) is 0 Å². The Morgan fingerprint density at radius 1 is 1.19 bits per heavy atom. The molecular weight excluding hydrogens is 378 g/mol. The number of thiophene rings is 1. The number of nitrogens with zero attached hydrogens (tertiary/aromatic N) is 1. The third kappa shape index (κ3) is 5.17. The third-order valence-electron chi connectivity index (χ3n) is 5.13. The Balaban J connectivity index is 1.44. The van der Waals surface area contributed by atoms with E-state index >= 15 is 0 Å². The summed E-state index contributed by atoms with van der Waals surface area (Å²) >= 11 is 3.21. The highest BCUT2D eigenvalue weighted by molar-refractivity contribution is 7.20. The average Bonchev–Trinajstić information content (AvgIpc) is 3.40. The second-order valence-corrected chi connectivity index (χ2v) is 9.41. The van der Waals surface area contributed by atoms with Crippen LogP contribution in [-0.2, 0) is 15.0 Å². The Kier molecular flexibility index (Phi) is 6.65. The number of hydrogen-bond acceptors (Lipinski definition) is 5. The van der Waals surface area contributed by atoms with E-state index in [1.807, 2.05) is 36.7 Å². The Morgan fingerprint density at radius 3 is 2.63 bits per heavy atom. The van der Waals surface area contributed by atoms with Crippen LogP contribution in [0.1, 0.15) is 51.6 Å². The standard InChI is InChI=1S/C20H27N3O2S2/c1-20(2,16-13-27-18(23-16)15-8-5-11-26-15)19(25)22-10-9-21-17(24)12-14-6-3-4-7-14/h5,8,11,13-14H,3-4,6-7,9-10,12H2,1-2H3,(H,21,24)(H,22,25). The quantitative estimate of drug-likeness (QED) is 0.653. The van der Waals surface area contributed by atoms with Crippen molar-refractivity contribution in [2.24, 2.45) is 5.92 Å². The smallest absolute Gasteiger partial charge is 0.231 e. The van der Waals surface area contributed by atoms with E-state index in [4.69, 9.17) is 0 Å². The lowest BCUT2D eigenvalue weighted by Gasteiger charge is -2.21. The number of aromatic nitrogens is 1. The summed E-state index contributed by atoms with van der Waals surface area (Å²) in [7, 11) is 0. The van der Waals surface area contributed by atoms with Crippen LogP contribution in [0, 0.1) is 5.92 Å². The first-order valence-electron chi connectivity index (χ1n) is 9.51. The molecule has 2 N–H and O–H groups in total. The summed E-state index contributed by atoms with van der Waals surface area (Å²) in [5.74, 6) is 0.562. The molecule has 0 unspecified atom stereocenters. The second kappa shape index (κ2) is 8.97. The normalized spacial score (nSPS) is 15.0. The summed E-state index contributed by atoms with van der Waals surface area (Å²) < 4.78 is 0. The lowest BCUT2D eigenvalue weighted by atomic mass is 9.89. The molecule has 0 bridgehead atoms. The number of amides is 2. The molecule has 1 aliphatic rings. The van der Waals surface area contributed by atoms with Gasteiger partial charge < -0.3 is 10.6 Å². The lowest BCUT2D eigenvalue weighted by molar-refractivity contribution is -0.126. The van der Waals surface area contributed by atoms with Crippen molar-refractivity contribution in [2.45, 2.75) is 51.4 Å². The minimum Gasteiger partial charge on any atom is -0.354 e. The Bertz CT molecular complexity index is 762. The van der Waals surface area contributed by atoms with Gasteiger partial charge in [0, 0.05) is 24.9 Å². The molecule has 3 rings (SSSR count). The summed E-state index contributed by atoms with van der Waals surface area (Å²) in [6, 6.07) is 4.04. The van der Waals surface area contributed by atoms with E-state index in [9.17, 15) is 9.59 Å². The monoisotopic (exact) mass is 405 g/mol. The van der Waals surface area contributed by atoms with E-state index in [2.05, 4.69) is 15.6 Å². The molecule has 1 fully saturated rings. The van der Waals surface area contributed by atoms with Crippen molar-refractivity contribution in [1.82, 2.24) is 15.6 Å². The van der Waals surface area contributed by atoms with Gasteiger partial charge in [0.25, 0.3) is 0 Å². The van der Waals surface area contributed by atoms with Crippen molar-refractivity contribution in [3.8, 4) is 9.88 Å². The zero-order chi connectivity index (χ0) is 19.3. The number of rotatable bonds is 8. The number of hydrogen-bond donors (Lipinski definition) is 2. The Hall–Kier alpha value is -1.73. The van der Waals surface area contributed by atoms with Gasteiger partial charge in [-0.1, -0.05) is 18.9 Å². The highest BCUT2D eigenvalue weighted by Gasteiger charge is 2.32. The fraction of sp³-hybridized carbons (Fsp3) is 0.550. The fourth-order valence-corrected chi connectivity index (χ4v) is 5.14. The van der Waals surface area contributed by atoms with E-state index in [0.29, 0.717) is 25.4 Å². The molecule has 5 nitrogen and oxygen atoms in total. The molecule has 0 radical (unpaired) electrons. The van der Waals surface area contributed by atoms with Crippen molar-refractivity contribution in [2.75, 3.05) is 13.1 Å². The molecular formula is C20H27N3O2S2. The van der Waals surface area contributed by atoms with Crippen molar-refractivity contribution in [3.05, 3.63) is 28.6 Å². The van der Waals surface area contributed by atoms with Crippen molar-refractivity contribution >= 4 is 34.5 Å². The zero-order valence-electron chi connectivity index (χ0n) is 15.9. The van der Waals surface area contributed by atoms with Gasteiger partial charge in [-0.25, -0.2) is 4.98 Å². The molecule has 1 aliphatic carbocycles. The van der Waals surface area contributed by atoms with Crippen LogP contribution < -0.4 is 10.6 Å². The molecule has 0 atom stereocenters. The first-order chi connectivity index (χ1) is 13.0. The maximum Gasteiger partial charge on any atom is 0.231 e. The van der Waals surface area contributed by atoms with Crippen LogP contribution in [-0.4, -0.2) is 29.9 Å². The van der Waals surface area contributed by atoms with Gasteiger partial charge in [-0.15, -0.1) is 22.7 Å². The first-order valence-corrected chi connectivity index (χ1v) is 11.3. The molecule has 7 heteroatoms. The summed E-state index contributed by atoms with van der Waals surface area (Å²) in [5, 5.41) is 10.8. The van der Waals surface area contributed by atoms with Crippen LogP contribution in [0.5, 0.6) is 0 Å². The van der Waals surface area contributed by atoms with Gasteiger partial charge in [-0.2, -0.15) is 0 Å². The van der Waals surface area contributed by atoms with Gasteiger partial charge in [0.2, 0.25) is 11.8 Å². The van der Waals surface area contributed by atoms with Gasteiger partial charge >= 0.3 is 0 Å². The lowest BCUT2D eigenvalue weighted by Crippen LogP contribution is -2.43. The summed E-state index contributed by atoms with van der Waals surface area (Å²) in [5.41, 5.74) is 0.0681. The molecule has 0 saturated heterocycles. The zero-order valence-corrected chi connectivity index (χ0v) is 17.5. The molecule has 2 aromatic heterocycles. The van der Waals surface area contributed by atoms with Crippen molar-refractivity contribution < 1.29 is 9.59 Å². The van der Waals surface area contributed by atoms with E-state index in [1.165, 1.54) is 25.7 Å². The topological polar surface area (TPSA) is 71.1 Å². The summed E-state index contributed by atoms with van der Waals surface area (Å²) in [4.78, 5) is 30.3. The molecule has 0 aliphatic heterocycles. The fourth-order valence-electron chi connectivity index (χ4n) is 3.34. The maximum absolute atomic E-state index is 12.6. The highest BCUT2D eigenvalue weighted by atomic mass is 32.1. The van der Waals surface area contributed by atoms with E-state index < -0.39 is 5.41 Å². The Morgan fingerprint density at radius 2 is 1.93 bits per heavy atom. The molecule has 2 aromatic rings. The number of thiazole rings is 1. The van der Waals surface area contributed by atoms with Gasteiger partial charge in [0.1, 0.15) is 5.01 Å². The molecule has 27 heavy (non-hydrogen) atoms. The van der Waals surface area contributed by atoms with Crippen molar-refractivity contribution in [3.63, 3.8) is 0 Å². The van der Waals surface area contributed by atoms with Gasteiger partial charge in [-0.05, 0) is 44.1 Å². The first kappa shape index (κ1) is 20.0. The van der Waals surface area contributed by atoms with E-state index in [-0.39, 0.29) is 11.8 Å². The van der Waals surface area contributed by atoms with Gasteiger partial charge in [0.15, 0.2) is 0 Å². The van der Waals surface area contributed by atoms with E-state index in [1.54, 1.807) is 22.7 Å². The second-order valence-electron chi connectivity index (χ2n) is 7.60. The maximum atomic E-state index is 12.6. The number of nitrogens with one attached hydrogen (secondary N) is 2. The Labute approximate surface area is 168 Å². The van der Waals surface area contributed by atoms with Crippen LogP contribution in [0.25, 0.3) is 9.88 Å². The molecule has 2 heterocycles.